The summed E-state index contributed by atoms with van der Waals surface area (Å²) in [6.45, 7) is 3.51. The lowest BCUT2D eigenvalue weighted by Crippen LogP contribution is -2.24. The molecule has 2 aromatic carbocycles. The number of fused-ring (bicyclic) bond motifs is 2. The molecule has 30 heavy (non-hydrogen) atoms. The van der Waals surface area contributed by atoms with Gasteiger partial charge in [0.1, 0.15) is 11.0 Å². The van der Waals surface area contributed by atoms with Gasteiger partial charge in [-0.25, -0.2) is 4.52 Å². The van der Waals surface area contributed by atoms with Crippen LogP contribution in [0.1, 0.15) is 12.8 Å². The molecule has 0 fully saturated rings. The molecule has 2 heterocycles. The molecule has 4 rings (SSSR count). The van der Waals surface area contributed by atoms with Crippen molar-refractivity contribution in [2.24, 2.45) is 5.73 Å². The molecule has 0 aliphatic carbocycles. The number of nitrogens with one attached hydrogen (secondary N) is 1. The predicted molar refractivity (Wildman–Crippen MR) is 131 cm³/mol. The second-order valence-corrected chi connectivity index (χ2v) is 6.93. The first-order chi connectivity index (χ1) is 13.2. The number of pyridine rings is 1. The van der Waals surface area contributed by atoms with Crippen LogP contribution in [0.3, 0.4) is 0 Å². The summed E-state index contributed by atoms with van der Waals surface area (Å²) in [5, 5.41) is 13.2. The van der Waals surface area contributed by atoms with Crippen molar-refractivity contribution in [3.8, 4) is 0 Å². The molecule has 0 amide bonds. The first-order valence-electron chi connectivity index (χ1n) is 9.35. The van der Waals surface area contributed by atoms with Crippen molar-refractivity contribution in [1.29, 1.82) is 0 Å². The van der Waals surface area contributed by atoms with Crippen LogP contribution in [0.4, 0.5) is 5.69 Å². The Hall–Kier alpha value is -1.90. The summed E-state index contributed by atoms with van der Waals surface area (Å²) in [4.78, 5) is 15.4. The molecular weight excluding hydrogens is 447 g/mol. The lowest BCUT2D eigenvalue weighted by atomic mass is 10.1. The minimum Gasteiger partial charge on any atom is -0.384 e. The van der Waals surface area contributed by atoms with E-state index in [0.717, 1.165) is 61.3 Å². The Balaban J connectivity index is 0.00000150. The van der Waals surface area contributed by atoms with Crippen LogP contribution in [-0.4, -0.2) is 53.0 Å². The number of halogens is 3. The maximum Gasteiger partial charge on any atom is 0.199 e. The zero-order chi connectivity index (χ0) is 18.8. The Kier molecular flexibility index (Phi) is 10.0. The summed E-state index contributed by atoms with van der Waals surface area (Å²) in [6.07, 6.45) is 2.00. The standard InChI is InChI=1S/C20H24N6O.3ClH/c1-25(12-4-10-21)13-5-11-22-15-8-9-16-19-18(15)20(27)14-6-2-3-7-17(14)26(19)24-23-16;;;/h2-3,6-9,22H,4-5,10-13,21H2,1H3;3*1H. The molecule has 0 aliphatic heterocycles. The van der Waals surface area contributed by atoms with Crippen LogP contribution in [0, 0.1) is 0 Å². The first kappa shape index (κ1) is 26.1. The normalized spacial score (nSPS) is 10.8. The molecule has 2 aromatic heterocycles. The van der Waals surface area contributed by atoms with Crippen molar-refractivity contribution in [1.82, 2.24) is 19.7 Å². The van der Waals surface area contributed by atoms with Gasteiger partial charge in [-0.05, 0) is 63.8 Å². The zero-order valence-electron chi connectivity index (χ0n) is 16.7. The molecule has 0 saturated carbocycles. The highest BCUT2D eigenvalue weighted by Gasteiger charge is 2.17. The van der Waals surface area contributed by atoms with E-state index in [1.807, 2.05) is 36.4 Å². The average molecular weight is 474 g/mol. The van der Waals surface area contributed by atoms with Gasteiger partial charge in [-0.15, -0.1) is 42.3 Å². The largest absolute Gasteiger partial charge is 0.384 e. The molecule has 0 aliphatic rings. The Bertz CT molecular complexity index is 1140. The SMILES string of the molecule is CN(CCCN)CCCNc1ccc2nnn3c4ccccc4c(=O)c1c23.Cl.Cl.Cl. The summed E-state index contributed by atoms with van der Waals surface area (Å²) in [7, 11) is 2.11. The lowest BCUT2D eigenvalue weighted by molar-refractivity contribution is 0.330. The third-order valence-corrected chi connectivity index (χ3v) is 4.99. The van der Waals surface area contributed by atoms with Gasteiger partial charge in [-0.2, -0.15) is 0 Å². The molecule has 164 valence electrons. The quantitative estimate of drug-likeness (QED) is 0.302. The van der Waals surface area contributed by atoms with Crippen molar-refractivity contribution < 1.29 is 0 Å². The molecule has 0 radical (unpaired) electrons. The van der Waals surface area contributed by atoms with Gasteiger partial charge in [0.15, 0.2) is 5.43 Å². The highest BCUT2D eigenvalue weighted by Crippen LogP contribution is 2.27. The minimum absolute atomic E-state index is 0. The van der Waals surface area contributed by atoms with Gasteiger partial charge in [-0.1, -0.05) is 17.3 Å². The predicted octanol–water partition coefficient (Wildman–Crippen LogP) is 3.18. The summed E-state index contributed by atoms with van der Waals surface area (Å²) >= 11 is 0. The molecule has 0 saturated heterocycles. The van der Waals surface area contributed by atoms with Crippen molar-refractivity contribution in [2.75, 3.05) is 38.5 Å². The number of nitrogens with two attached hydrogens (primary N) is 1. The van der Waals surface area contributed by atoms with E-state index in [2.05, 4.69) is 27.6 Å². The van der Waals surface area contributed by atoms with Crippen LogP contribution in [0.25, 0.3) is 27.3 Å². The zero-order valence-corrected chi connectivity index (χ0v) is 19.2. The molecule has 0 atom stereocenters. The number of anilines is 1. The number of rotatable bonds is 8. The Morgan fingerprint density at radius 3 is 2.57 bits per heavy atom. The van der Waals surface area contributed by atoms with Gasteiger partial charge >= 0.3 is 0 Å². The van der Waals surface area contributed by atoms with Crippen LogP contribution in [-0.2, 0) is 0 Å². The van der Waals surface area contributed by atoms with E-state index < -0.39 is 0 Å². The van der Waals surface area contributed by atoms with Crippen LogP contribution >= 0.6 is 37.2 Å². The summed E-state index contributed by atoms with van der Waals surface area (Å²) in [6, 6.07) is 11.4. The Morgan fingerprint density at radius 1 is 1.07 bits per heavy atom. The van der Waals surface area contributed by atoms with Crippen LogP contribution < -0.4 is 16.5 Å². The van der Waals surface area contributed by atoms with Crippen LogP contribution in [0.15, 0.2) is 41.2 Å². The van der Waals surface area contributed by atoms with Gasteiger partial charge in [0.05, 0.1) is 10.9 Å². The highest BCUT2D eigenvalue weighted by molar-refractivity contribution is 6.06. The smallest absolute Gasteiger partial charge is 0.199 e. The van der Waals surface area contributed by atoms with Crippen molar-refractivity contribution in [3.05, 3.63) is 46.6 Å². The number of hydrogen-bond acceptors (Lipinski definition) is 6. The lowest BCUT2D eigenvalue weighted by Gasteiger charge is -2.16. The fourth-order valence-electron chi connectivity index (χ4n) is 3.59. The average Bonchev–Trinajstić information content (AvgIpc) is 3.12. The molecule has 0 spiro atoms. The third kappa shape index (κ3) is 4.87. The molecular formula is C20H27Cl3N6O. The highest BCUT2D eigenvalue weighted by atomic mass is 35.5. The second kappa shape index (κ2) is 11.5. The summed E-state index contributed by atoms with van der Waals surface area (Å²) in [5.41, 5.74) is 8.73. The molecule has 3 N–H and O–H groups in total. The summed E-state index contributed by atoms with van der Waals surface area (Å²) in [5.74, 6) is 0. The topological polar surface area (TPSA) is 88.5 Å². The number of nitrogens with zero attached hydrogens (tertiary/aromatic N) is 4. The van der Waals surface area contributed by atoms with Gasteiger partial charge in [0.25, 0.3) is 0 Å². The third-order valence-electron chi connectivity index (χ3n) is 4.99. The van der Waals surface area contributed by atoms with Crippen molar-refractivity contribution in [2.45, 2.75) is 12.8 Å². The number of para-hydroxylation sites is 1. The number of hydrogen-bond donors (Lipinski definition) is 2. The minimum atomic E-state index is 0. The molecule has 0 unspecified atom stereocenters. The van der Waals surface area contributed by atoms with Crippen molar-refractivity contribution >= 4 is 70.2 Å². The van der Waals surface area contributed by atoms with E-state index in [-0.39, 0.29) is 42.6 Å². The van der Waals surface area contributed by atoms with E-state index >= 15 is 0 Å². The molecule has 4 aromatic rings. The number of benzene rings is 2. The van der Waals surface area contributed by atoms with E-state index in [0.29, 0.717) is 10.8 Å². The Labute approximate surface area is 193 Å². The molecule has 10 heteroatoms. The number of aromatic nitrogens is 3. The second-order valence-electron chi connectivity index (χ2n) is 6.93. The van der Waals surface area contributed by atoms with E-state index in [1.165, 1.54) is 0 Å². The maximum atomic E-state index is 13.1. The maximum absolute atomic E-state index is 13.1. The van der Waals surface area contributed by atoms with Crippen LogP contribution in [0.2, 0.25) is 0 Å². The fourth-order valence-corrected chi connectivity index (χ4v) is 3.59. The molecule has 0 bridgehead atoms. The van der Waals surface area contributed by atoms with Gasteiger partial charge in [-0.3, -0.25) is 4.79 Å². The van der Waals surface area contributed by atoms with Gasteiger partial charge < -0.3 is 16.0 Å². The Morgan fingerprint density at radius 2 is 1.80 bits per heavy atom. The summed E-state index contributed by atoms with van der Waals surface area (Å²) < 4.78 is 1.77. The van der Waals surface area contributed by atoms with E-state index in [1.54, 1.807) is 4.52 Å². The van der Waals surface area contributed by atoms with Crippen LogP contribution in [0.5, 0.6) is 0 Å². The monoisotopic (exact) mass is 472 g/mol. The van der Waals surface area contributed by atoms with Crippen molar-refractivity contribution in [3.63, 3.8) is 0 Å². The molecule has 7 nitrogen and oxygen atoms in total. The van der Waals surface area contributed by atoms with Gasteiger partial charge in [0.2, 0.25) is 0 Å². The van der Waals surface area contributed by atoms with E-state index in [4.69, 9.17) is 5.73 Å². The van der Waals surface area contributed by atoms with Gasteiger partial charge in [0, 0.05) is 17.6 Å². The van der Waals surface area contributed by atoms with E-state index in [9.17, 15) is 4.79 Å². The first-order valence-corrected chi connectivity index (χ1v) is 9.35. The fraction of sp³-hybridized carbons (Fsp3) is 0.350.